The van der Waals surface area contributed by atoms with Crippen LogP contribution in [0.15, 0.2) is 46.4 Å². The van der Waals surface area contributed by atoms with Crippen LogP contribution in [0.3, 0.4) is 0 Å². The lowest BCUT2D eigenvalue weighted by molar-refractivity contribution is -0.384. The number of carbonyl (C=O) groups excluding carboxylic acids is 1. The lowest BCUT2D eigenvalue weighted by atomic mass is 10.1. The lowest BCUT2D eigenvalue weighted by Crippen LogP contribution is -2.15. The highest BCUT2D eigenvalue weighted by atomic mass is 35.5. The second-order valence-corrected chi connectivity index (χ2v) is 6.34. The van der Waals surface area contributed by atoms with Crippen molar-refractivity contribution >= 4 is 29.3 Å². The summed E-state index contributed by atoms with van der Waals surface area (Å²) in [6, 6.07) is 10.8. The third kappa shape index (κ3) is 3.70. The SMILES string of the molecule is Cc1cc(C)n(C(=O)/C(C#N)=C/c2ccc(-c3ccc([N+](=O)[O-])cc3Cl)o2)n1. The number of furan rings is 1. The Labute approximate surface area is 164 Å². The molecule has 9 heteroatoms. The molecule has 0 bridgehead atoms. The van der Waals surface area contributed by atoms with Crippen LogP contribution in [0.4, 0.5) is 5.69 Å². The summed E-state index contributed by atoms with van der Waals surface area (Å²) in [5.74, 6) is 0.0391. The molecule has 0 aliphatic heterocycles. The largest absolute Gasteiger partial charge is 0.457 e. The number of aromatic nitrogens is 2. The molecule has 2 heterocycles. The molecule has 8 nitrogen and oxygen atoms in total. The Bertz CT molecular complexity index is 1170. The normalized spacial score (nSPS) is 11.3. The number of nitriles is 1. The van der Waals surface area contributed by atoms with Crippen molar-refractivity contribution in [1.29, 1.82) is 5.26 Å². The van der Waals surface area contributed by atoms with Crippen molar-refractivity contribution in [2.24, 2.45) is 0 Å². The van der Waals surface area contributed by atoms with Crippen LogP contribution in [0.2, 0.25) is 5.02 Å². The van der Waals surface area contributed by atoms with Crippen molar-refractivity contribution in [3.63, 3.8) is 0 Å². The molecule has 3 aromatic rings. The number of allylic oxidation sites excluding steroid dienone is 1. The molecule has 0 saturated carbocycles. The van der Waals surface area contributed by atoms with Gasteiger partial charge in [0.25, 0.3) is 11.6 Å². The molecule has 28 heavy (non-hydrogen) atoms. The molecule has 0 amide bonds. The monoisotopic (exact) mass is 396 g/mol. The molecule has 0 N–H and O–H groups in total. The molecule has 140 valence electrons. The quantitative estimate of drug-likeness (QED) is 0.276. The van der Waals surface area contributed by atoms with Crippen LogP contribution < -0.4 is 0 Å². The molecule has 0 unspecified atom stereocenters. The number of nitro benzene ring substituents is 1. The van der Waals surface area contributed by atoms with Gasteiger partial charge >= 0.3 is 0 Å². The van der Waals surface area contributed by atoms with Crippen LogP contribution in [0.1, 0.15) is 21.9 Å². The minimum absolute atomic E-state index is 0.136. The smallest absolute Gasteiger partial charge is 0.289 e. The number of non-ortho nitro benzene ring substituents is 1. The first-order valence-corrected chi connectivity index (χ1v) is 8.42. The van der Waals surface area contributed by atoms with E-state index in [2.05, 4.69) is 5.10 Å². The number of hydrogen-bond acceptors (Lipinski definition) is 6. The third-order valence-corrected chi connectivity index (χ3v) is 4.21. The van der Waals surface area contributed by atoms with Crippen molar-refractivity contribution in [1.82, 2.24) is 9.78 Å². The average molecular weight is 397 g/mol. The Morgan fingerprint density at radius 1 is 1.32 bits per heavy atom. The predicted octanol–water partition coefficient (Wildman–Crippen LogP) is 4.57. The average Bonchev–Trinajstić information content (AvgIpc) is 3.24. The maximum Gasteiger partial charge on any atom is 0.289 e. The third-order valence-electron chi connectivity index (χ3n) is 3.90. The van der Waals surface area contributed by atoms with Gasteiger partial charge in [-0.2, -0.15) is 10.4 Å². The van der Waals surface area contributed by atoms with Gasteiger partial charge in [-0.1, -0.05) is 11.6 Å². The number of aryl methyl sites for hydroxylation is 2. The van der Waals surface area contributed by atoms with Gasteiger partial charge < -0.3 is 4.42 Å². The molecule has 0 atom stereocenters. The van der Waals surface area contributed by atoms with Crippen LogP contribution in [0, 0.1) is 35.3 Å². The van der Waals surface area contributed by atoms with Crippen LogP contribution in [-0.2, 0) is 0 Å². The Hall–Kier alpha value is -3.70. The highest BCUT2D eigenvalue weighted by Crippen LogP contribution is 2.32. The van der Waals surface area contributed by atoms with Gasteiger partial charge in [-0.05, 0) is 38.1 Å². The summed E-state index contributed by atoms with van der Waals surface area (Å²) in [6.45, 7) is 3.47. The minimum Gasteiger partial charge on any atom is -0.457 e. The Morgan fingerprint density at radius 2 is 2.07 bits per heavy atom. The fourth-order valence-electron chi connectivity index (χ4n) is 2.63. The second kappa shape index (κ2) is 7.50. The van der Waals surface area contributed by atoms with E-state index < -0.39 is 10.8 Å². The van der Waals surface area contributed by atoms with E-state index in [1.807, 2.05) is 6.07 Å². The fraction of sp³-hybridized carbons (Fsp3) is 0.105. The Balaban J connectivity index is 1.93. The minimum atomic E-state index is -0.570. The van der Waals surface area contributed by atoms with Crippen molar-refractivity contribution in [2.45, 2.75) is 13.8 Å². The zero-order valence-corrected chi connectivity index (χ0v) is 15.6. The summed E-state index contributed by atoms with van der Waals surface area (Å²) in [5, 5.41) is 24.4. The van der Waals surface area contributed by atoms with Crippen molar-refractivity contribution in [3.8, 4) is 17.4 Å². The summed E-state index contributed by atoms with van der Waals surface area (Å²) in [6.07, 6.45) is 1.31. The second-order valence-electron chi connectivity index (χ2n) is 5.94. The summed E-state index contributed by atoms with van der Waals surface area (Å²) in [4.78, 5) is 22.8. The summed E-state index contributed by atoms with van der Waals surface area (Å²) >= 11 is 6.10. The molecule has 3 rings (SSSR count). The number of carbonyl (C=O) groups is 1. The molecule has 1 aromatic carbocycles. The van der Waals surface area contributed by atoms with Gasteiger partial charge in [-0.25, -0.2) is 4.68 Å². The topological polar surface area (TPSA) is 115 Å². The first kappa shape index (κ1) is 19.1. The zero-order valence-electron chi connectivity index (χ0n) is 14.8. The summed E-state index contributed by atoms with van der Waals surface area (Å²) < 4.78 is 6.80. The van der Waals surface area contributed by atoms with E-state index in [1.165, 1.54) is 24.3 Å². The number of rotatable bonds is 4. The van der Waals surface area contributed by atoms with E-state index in [9.17, 15) is 20.2 Å². The number of benzene rings is 1. The van der Waals surface area contributed by atoms with Gasteiger partial charge in [0.05, 0.1) is 15.6 Å². The molecular weight excluding hydrogens is 384 g/mol. The fourth-order valence-corrected chi connectivity index (χ4v) is 2.89. The summed E-state index contributed by atoms with van der Waals surface area (Å²) in [7, 11) is 0. The van der Waals surface area contributed by atoms with Crippen molar-refractivity contribution < 1.29 is 14.1 Å². The highest BCUT2D eigenvalue weighted by molar-refractivity contribution is 6.33. The van der Waals surface area contributed by atoms with Gasteiger partial charge in [-0.3, -0.25) is 14.9 Å². The molecule has 0 aliphatic carbocycles. The van der Waals surface area contributed by atoms with Crippen molar-refractivity contribution in [3.05, 3.63) is 74.3 Å². The van der Waals surface area contributed by atoms with Crippen LogP contribution in [0.25, 0.3) is 17.4 Å². The zero-order chi connectivity index (χ0) is 20.4. The van der Waals surface area contributed by atoms with E-state index in [4.69, 9.17) is 16.0 Å². The molecular formula is C19H13ClN4O4. The standard InChI is InChI=1S/C19H13ClN4O4/c1-11-7-12(2)23(22-11)19(25)13(10-21)8-15-4-6-18(28-15)16-5-3-14(24(26)27)9-17(16)20/h3-9H,1-2H3/b13-8+. The van der Waals surface area contributed by atoms with Crippen LogP contribution >= 0.6 is 11.6 Å². The van der Waals surface area contributed by atoms with Crippen molar-refractivity contribution in [2.75, 3.05) is 0 Å². The van der Waals surface area contributed by atoms with Gasteiger partial charge in [0.15, 0.2) is 0 Å². The molecule has 0 aliphatic rings. The van der Waals surface area contributed by atoms with E-state index in [1.54, 1.807) is 32.0 Å². The number of hydrogen-bond donors (Lipinski definition) is 0. The number of nitro groups is 1. The summed E-state index contributed by atoms with van der Waals surface area (Å²) in [5.41, 5.74) is 1.44. The number of nitrogens with zero attached hydrogens (tertiary/aromatic N) is 4. The van der Waals surface area contributed by atoms with E-state index in [0.29, 0.717) is 22.7 Å². The van der Waals surface area contributed by atoms with Gasteiger partial charge in [0.2, 0.25) is 0 Å². The van der Waals surface area contributed by atoms with Gasteiger partial charge in [0.1, 0.15) is 23.2 Å². The van der Waals surface area contributed by atoms with E-state index >= 15 is 0 Å². The molecule has 2 aromatic heterocycles. The Kier molecular flexibility index (Phi) is 5.11. The molecule has 0 spiro atoms. The molecule has 0 saturated heterocycles. The van der Waals surface area contributed by atoms with Gasteiger partial charge in [-0.15, -0.1) is 0 Å². The number of halogens is 1. The first-order chi connectivity index (χ1) is 13.3. The first-order valence-electron chi connectivity index (χ1n) is 8.04. The molecule has 0 radical (unpaired) electrons. The van der Waals surface area contributed by atoms with E-state index in [0.717, 1.165) is 4.68 Å². The van der Waals surface area contributed by atoms with Crippen LogP contribution in [-0.4, -0.2) is 20.6 Å². The highest BCUT2D eigenvalue weighted by Gasteiger charge is 2.17. The molecule has 0 fully saturated rings. The maximum atomic E-state index is 12.5. The van der Waals surface area contributed by atoms with Crippen LogP contribution in [0.5, 0.6) is 0 Å². The predicted molar refractivity (Wildman–Crippen MR) is 102 cm³/mol. The maximum absolute atomic E-state index is 12.5. The van der Waals surface area contributed by atoms with Gasteiger partial charge in [0, 0.05) is 29.5 Å². The Morgan fingerprint density at radius 3 is 2.64 bits per heavy atom. The lowest BCUT2D eigenvalue weighted by Gasteiger charge is -2.02. The van der Waals surface area contributed by atoms with E-state index in [-0.39, 0.29) is 22.0 Å².